The molecule has 5 rings (SSSR count). The number of nitrogens with zero attached hydrogens (tertiary/aromatic N) is 4. The van der Waals surface area contributed by atoms with Gasteiger partial charge in [-0.25, -0.2) is 15.0 Å². The van der Waals surface area contributed by atoms with Gasteiger partial charge in [0.05, 0.1) is 28.8 Å². The van der Waals surface area contributed by atoms with Crippen molar-refractivity contribution in [3.05, 3.63) is 47.9 Å². The van der Waals surface area contributed by atoms with E-state index >= 15 is 0 Å². The van der Waals surface area contributed by atoms with Crippen LogP contribution < -0.4 is 5.32 Å². The number of hydrogen-bond donors (Lipinski definition) is 1. The molecule has 0 aliphatic heterocycles. The van der Waals surface area contributed by atoms with Crippen molar-refractivity contribution in [2.24, 2.45) is 0 Å². The highest BCUT2D eigenvalue weighted by atomic mass is 32.1. The van der Waals surface area contributed by atoms with Gasteiger partial charge in [0, 0.05) is 6.04 Å². The van der Waals surface area contributed by atoms with Crippen LogP contribution in [0.5, 0.6) is 0 Å². The van der Waals surface area contributed by atoms with Crippen LogP contribution in [0.2, 0.25) is 0 Å². The maximum Gasteiger partial charge on any atom is 0.138 e. The fourth-order valence-electron chi connectivity index (χ4n) is 3.16. The summed E-state index contributed by atoms with van der Waals surface area (Å²) in [5, 5.41) is 6.64. The van der Waals surface area contributed by atoms with E-state index in [1.807, 2.05) is 11.7 Å². The minimum Gasteiger partial charge on any atom is -0.363 e. The molecule has 0 saturated heterocycles. The number of rotatable bonds is 4. The summed E-state index contributed by atoms with van der Waals surface area (Å²) in [5.74, 6) is 0.886. The first kappa shape index (κ1) is 13.9. The summed E-state index contributed by atoms with van der Waals surface area (Å²) < 4.78 is 2.30. The lowest BCUT2D eigenvalue weighted by atomic mass is 10.1. The van der Waals surface area contributed by atoms with Crippen LogP contribution in [0, 0.1) is 0 Å². The molecule has 1 unspecified atom stereocenters. The summed E-state index contributed by atoms with van der Waals surface area (Å²) in [6.45, 7) is 2.15. The van der Waals surface area contributed by atoms with Crippen molar-refractivity contribution in [3.8, 4) is 0 Å². The lowest BCUT2D eigenvalue weighted by molar-refractivity contribution is 0.765. The Balaban J connectivity index is 1.47. The van der Waals surface area contributed by atoms with Gasteiger partial charge >= 0.3 is 0 Å². The van der Waals surface area contributed by atoms with E-state index in [2.05, 4.69) is 56.0 Å². The Kier molecular flexibility index (Phi) is 3.06. The third-order valence-corrected chi connectivity index (χ3v) is 5.47. The molecule has 0 amide bonds. The smallest absolute Gasteiger partial charge is 0.138 e. The maximum atomic E-state index is 4.58. The molecule has 120 valence electrons. The van der Waals surface area contributed by atoms with Gasteiger partial charge in [-0.15, -0.1) is 11.3 Å². The van der Waals surface area contributed by atoms with Crippen LogP contribution in [0.25, 0.3) is 21.3 Å². The SMILES string of the molecule is CC(Nc1ncnc2sccc12)c1ccc2c(c1)ncn2C1CC1. The van der Waals surface area contributed by atoms with Crippen LogP contribution in [0.3, 0.4) is 0 Å². The molecule has 1 N–H and O–H groups in total. The Morgan fingerprint density at radius 3 is 3.00 bits per heavy atom. The molecule has 1 aromatic carbocycles. The summed E-state index contributed by atoms with van der Waals surface area (Å²) in [7, 11) is 0. The Morgan fingerprint density at radius 2 is 2.12 bits per heavy atom. The fraction of sp³-hybridized carbons (Fsp3) is 0.278. The van der Waals surface area contributed by atoms with Gasteiger partial charge in [0.1, 0.15) is 17.0 Å². The van der Waals surface area contributed by atoms with Crippen LogP contribution in [-0.4, -0.2) is 19.5 Å². The highest BCUT2D eigenvalue weighted by Crippen LogP contribution is 2.37. The van der Waals surface area contributed by atoms with Gasteiger partial charge in [-0.3, -0.25) is 0 Å². The van der Waals surface area contributed by atoms with E-state index in [1.165, 1.54) is 23.9 Å². The van der Waals surface area contributed by atoms with E-state index in [1.54, 1.807) is 17.7 Å². The van der Waals surface area contributed by atoms with Crippen molar-refractivity contribution in [3.63, 3.8) is 0 Å². The lowest BCUT2D eigenvalue weighted by Gasteiger charge is -2.15. The Bertz CT molecular complexity index is 1030. The van der Waals surface area contributed by atoms with Gasteiger partial charge < -0.3 is 9.88 Å². The van der Waals surface area contributed by atoms with Gasteiger partial charge in [0.15, 0.2) is 0 Å². The summed E-state index contributed by atoms with van der Waals surface area (Å²) >= 11 is 1.63. The molecular weight excluding hydrogens is 318 g/mol. The molecule has 1 atom stereocenters. The number of benzene rings is 1. The molecule has 0 spiro atoms. The molecular formula is C18H17N5S. The van der Waals surface area contributed by atoms with Crippen molar-refractivity contribution in [2.45, 2.75) is 31.8 Å². The molecule has 6 heteroatoms. The number of aromatic nitrogens is 4. The number of imidazole rings is 1. The summed E-state index contributed by atoms with van der Waals surface area (Å²) in [4.78, 5) is 14.3. The van der Waals surface area contributed by atoms with Crippen molar-refractivity contribution in [1.82, 2.24) is 19.5 Å². The first-order chi connectivity index (χ1) is 11.8. The van der Waals surface area contributed by atoms with Crippen molar-refractivity contribution in [1.29, 1.82) is 0 Å². The van der Waals surface area contributed by atoms with Crippen molar-refractivity contribution in [2.75, 3.05) is 5.32 Å². The predicted octanol–water partition coefficient (Wildman–Crippen LogP) is 4.55. The minimum absolute atomic E-state index is 0.151. The topological polar surface area (TPSA) is 55.6 Å². The Hall–Kier alpha value is -2.47. The summed E-state index contributed by atoms with van der Waals surface area (Å²) in [6, 6.07) is 9.43. The largest absolute Gasteiger partial charge is 0.363 e. The highest BCUT2D eigenvalue weighted by molar-refractivity contribution is 7.16. The third kappa shape index (κ3) is 2.26. The molecule has 3 aromatic heterocycles. The Morgan fingerprint density at radius 1 is 1.21 bits per heavy atom. The molecule has 1 aliphatic carbocycles. The average molecular weight is 335 g/mol. The fourth-order valence-corrected chi connectivity index (χ4v) is 3.89. The van der Waals surface area contributed by atoms with Crippen molar-refractivity contribution >= 4 is 38.4 Å². The molecule has 1 aliphatic rings. The second-order valence-corrected chi connectivity index (χ2v) is 7.25. The van der Waals surface area contributed by atoms with Gasteiger partial charge in [-0.1, -0.05) is 6.07 Å². The zero-order valence-corrected chi connectivity index (χ0v) is 14.1. The van der Waals surface area contributed by atoms with Crippen LogP contribution in [0.15, 0.2) is 42.3 Å². The predicted molar refractivity (Wildman–Crippen MR) is 97.5 cm³/mol. The molecule has 24 heavy (non-hydrogen) atoms. The zero-order chi connectivity index (χ0) is 16.1. The average Bonchev–Trinajstić information content (AvgIpc) is 3.17. The van der Waals surface area contributed by atoms with E-state index in [-0.39, 0.29) is 6.04 Å². The molecule has 1 saturated carbocycles. The Labute approximate surface area is 143 Å². The second-order valence-electron chi connectivity index (χ2n) is 6.36. The summed E-state index contributed by atoms with van der Waals surface area (Å²) in [5.41, 5.74) is 3.51. The van der Waals surface area contributed by atoms with Gasteiger partial charge in [-0.2, -0.15) is 0 Å². The van der Waals surface area contributed by atoms with Gasteiger partial charge in [0.2, 0.25) is 0 Å². The van der Waals surface area contributed by atoms with E-state index in [0.29, 0.717) is 6.04 Å². The first-order valence-corrected chi connectivity index (χ1v) is 9.09. The number of anilines is 1. The van der Waals surface area contributed by atoms with E-state index in [4.69, 9.17) is 0 Å². The molecule has 0 radical (unpaired) electrons. The van der Waals surface area contributed by atoms with E-state index in [9.17, 15) is 0 Å². The molecule has 5 nitrogen and oxygen atoms in total. The first-order valence-electron chi connectivity index (χ1n) is 8.21. The van der Waals surface area contributed by atoms with Gasteiger partial charge in [0.25, 0.3) is 0 Å². The monoisotopic (exact) mass is 335 g/mol. The minimum atomic E-state index is 0.151. The number of thiophene rings is 1. The second kappa shape index (κ2) is 5.27. The summed E-state index contributed by atoms with van der Waals surface area (Å²) in [6.07, 6.45) is 6.14. The maximum absolute atomic E-state index is 4.58. The van der Waals surface area contributed by atoms with Crippen LogP contribution in [0.4, 0.5) is 5.82 Å². The van der Waals surface area contributed by atoms with Crippen LogP contribution in [-0.2, 0) is 0 Å². The number of fused-ring (bicyclic) bond motifs is 2. The van der Waals surface area contributed by atoms with Gasteiger partial charge in [-0.05, 0) is 48.9 Å². The highest BCUT2D eigenvalue weighted by Gasteiger charge is 2.25. The molecule has 1 fully saturated rings. The van der Waals surface area contributed by atoms with Crippen LogP contribution >= 0.6 is 11.3 Å². The van der Waals surface area contributed by atoms with Crippen LogP contribution in [0.1, 0.15) is 37.4 Å². The number of hydrogen-bond acceptors (Lipinski definition) is 5. The van der Waals surface area contributed by atoms with E-state index in [0.717, 1.165) is 21.6 Å². The zero-order valence-electron chi connectivity index (χ0n) is 13.3. The van der Waals surface area contributed by atoms with E-state index < -0.39 is 0 Å². The third-order valence-electron chi connectivity index (χ3n) is 4.65. The standard InChI is InChI=1S/C18H17N5S/c1-11(22-17-14-6-7-24-18(14)20-9-19-17)12-2-5-16-15(8-12)21-10-23(16)13-3-4-13/h2,5-11,13H,3-4H2,1H3,(H,19,20,22). The molecule has 3 heterocycles. The molecule has 4 aromatic rings. The lowest BCUT2D eigenvalue weighted by Crippen LogP contribution is -2.08. The normalized spacial score (nSPS) is 15.9. The molecule has 0 bridgehead atoms. The quantitative estimate of drug-likeness (QED) is 0.594. The number of nitrogens with one attached hydrogen (secondary N) is 1. The van der Waals surface area contributed by atoms with Crippen molar-refractivity contribution < 1.29 is 0 Å².